The first-order valence-electron chi connectivity index (χ1n) is 5.92. The molecule has 0 radical (unpaired) electrons. The highest BCUT2D eigenvalue weighted by Gasteiger charge is 2.33. The molecule has 2 aromatic carbocycles. The van der Waals surface area contributed by atoms with Gasteiger partial charge in [-0.25, -0.2) is 0 Å². The molecule has 1 N–H and O–H groups in total. The summed E-state index contributed by atoms with van der Waals surface area (Å²) in [6.45, 7) is 1.37. The zero-order chi connectivity index (χ0) is 14.8. The van der Waals surface area contributed by atoms with Crippen LogP contribution in [0, 0.1) is 0 Å². The second kappa shape index (κ2) is 5.36. The number of halogens is 3. The summed E-state index contributed by atoms with van der Waals surface area (Å²) in [6, 6.07) is 11.6. The molecule has 0 saturated heterocycles. The first-order valence-corrected chi connectivity index (χ1v) is 5.92. The molecule has 2 aromatic rings. The highest BCUT2D eigenvalue weighted by Crippen LogP contribution is 2.37. The van der Waals surface area contributed by atoms with Gasteiger partial charge in [0, 0.05) is 12.6 Å². The van der Waals surface area contributed by atoms with Crippen molar-refractivity contribution in [2.24, 2.45) is 0 Å². The fraction of sp³-hybridized carbons (Fsp3) is 0.133. The molecule has 104 valence electrons. The quantitative estimate of drug-likeness (QED) is 0.871. The van der Waals surface area contributed by atoms with E-state index in [0.29, 0.717) is 11.3 Å². The van der Waals surface area contributed by atoms with Crippen molar-refractivity contribution in [3.63, 3.8) is 0 Å². The number of rotatable bonds is 2. The van der Waals surface area contributed by atoms with Crippen LogP contribution in [0.25, 0.3) is 11.1 Å². The van der Waals surface area contributed by atoms with E-state index in [1.807, 2.05) is 0 Å². The van der Waals surface area contributed by atoms with Crippen LogP contribution in [0.3, 0.4) is 0 Å². The molecule has 0 fully saturated rings. The Labute approximate surface area is 114 Å². The lowest BCUT2D eigenvalue weighted by molar-refractivity contribution is -0.137. The number of nitrogens with one attached hydrogen (secondary N) is 1. The Morgan fingerprint density at radius 3 is 2.15 bits per heavy atom. The van der Waals surface area contributed by atoms with Crippen LogP contribution < -0.4 is 5.32 Å². The van der Waals surface area contributed by atoms with Crippen molar-refractivity contribution in [1.82, 2.24) is 0 Å². The molecule has 0 aliphatic heterocycles. The number of hydrogen-bond acceptors (Lipinski definition) is 1. The fourth-order valence-electron chi connectivity index (χ4n) is 1.92. The fourth-order valence-corrected chi connectivity index (χ4v) is 1.92. The van der Waals surface area contributed by atoms with Crippen LogP contribution in [0.5, 0.6) is 0 Å². The normalized spacial score (nSPS) is 11.2. The van der Waals surface area contributed by atoms with Crippen LogP contribution >= 0.6 is 0 Å². The standard InChI is InChI=1S/C15H12F3NO/c1-10(20)19-12-8-6-11(7-9-12)13-4-2-3-5-14(13)15(16,17)18/h2-9H,1H3,(H,19,20). The van der Waals surface area contributed by atoms with Gasteiger partial charge in [-0.1, -0.05) is 30.3 Å². The van der Waals surface area contributed by atoms with Crippen molar-refractivity contribution in [3.05, 3.63) is 54.1 Å². The van der Waals surface area contributed by atoms with Gasteiger partial charge in [-0.3, -0.25) is 4.79 Å². The lowest BCUT2D eigenvalue weighted by Crippen LogP contribution is -2.07. The van der Waals surface area contributed by atoms with Gasteiger partial charge in [0.1, 0.15) is 0 Å². The average Bonchev–Trinajstić information content (AvgIpc) is 2.38. The Hall–Kier alpha value is -2.30. The summed E-state index contributed by atoms with van der Waals surface area (Å²) in [7, 11) is 0. The first kappa shape index (κ1) is 14.1. The number of carbonyl (C=O) groups is 1. The largest absolute Gasteiger partial charge is 0.417 e. The molecule has 0 aliphatic carbocycles. The minimum absolute atomic E-state index is 0.120. The van der Waals surface area contributed by atoms with Crippen molar-refractivity contribution in [1.29, 1.82) is 0 Å². The number of alkyl halides is 3. The molecule has 0 saturated carbocycles. The maximum absolute atomic E-state index is 12.9. The molecule has 5 heteroatoms. The van der Waals surface area contributed by atoms with Gasteiger partial charge in [0.05, 0.1) is 5.56 Å². The van der Waals surface area contributed by atoms with Gasteiger partial charge in [0.2, 0.25) is 5.91 Å². The summed E-state index contributed by atoms with van der Waals surface area (Å²) >= 11 is 0. The molecule has 20 heavy (non-hydrogen) atoms. The molecule has 0 bridgehead atoms. The lowest BCUT2D eigenvalue weighted by Gasteiger charge is -2.13. The number of benzene rings is 2. The SMILES string of the molecule is CC(=O)Nc1ccc(-c2ccccc2C(F)(F)F)cc1. The molecule has 0 spiro atoms. The van der Waals surface area contributed by atoms with E-state index in [1.54, 1.807) is 30.3 Å². The molecule has 2 nitrogen and oxygen atoms in total. The number of carbonyl (C=O) groups excluding carboxylic acids is 1. The van der Waals surface area contributed by atoms with Gasteiger partial charge >= 0.3 is 6.18 Å². The van der Waals surface area contributed by atoms with Crippen molar-refractivity contribution in [3.8, 4) is 11.1 Å². The lowest BCUT2D eigenvalue weighted by atomic mass is 9.99. The molecule has 0 unspecified atom stereocenters. The number of anilines is 1. The van der Waals surface area contributed by atoms with E-state index >= 15 is 0 Å². The topological polar surface area (TPSA) is 29.1 Å². The zero-order valence-electron chi connectivity index (χ0n) is 10.7. The average molecular weight is 279 g/mol. The predicted molar refractivity (Wildman–Crippen MR) is 71.2 cm³/mol. The van der Waals surface area contributed by atoms with Crippen molar-refractivity contribution in [2.75, 3.05) is 5.32 Å². The first-order chi connectivity index (χ1) is 9.38. The van der Waals surface area contributed by atoms with E-state index in [0.717, 1.165) is 6.07 Å². The monoisotopic (exact) mass is 279 g/mol. The van der Waals surface area contributed by atoms with E-state index in [1.165, 1.54) is 19.1 Å². The predicted octanol–water partition coefficient (Wildman–Crippen LogP) is 4.33. The minimum atomic E-state index is -4.40. The number of amides is 1. The third kappa shape index (κ3) is 3.17. The molecule has 0 aromatic heterocycles. The van der Waals surface area contributed by atoms with Crippen LogP contribution in [0.4, 0.5) is 18.9 Å². The second-order valence-electron chi connectivity index (χ2n) is 4.30. The van der Waals surface area contributed by atoms with Crippen LogP contribution in [0.2, 0.25) is 0 Å². The van der Waals surface area contributed by atoms with Crippen molar-refractivity contribution < 1.29 is 18.0 Å². The van der Waals surface area contributed by atoms with E-state index in [2.05, 4.69) is 5.32 Å². The maximum atomic E-state index is 12.9. The summed E-state index contributed by atoms with van der Waals surface area (Å²) in [4.78, 5) is 10.9. The smallest absolute Gasteiger partial charge is 0.326 e. The van der Waals surface area contributed by atoms with Gasteiger partial charge in [0.25, 0.3) is 0 Å². The summed E-state index contributed by atoms with van der Waals surface area (Å²) in [6.07, 6.45) is -4.40. The highest BCUT2D eigenvalue weighted by molar-refractivity contribution is 5.89. The van der Waals surface area contributed by atoms with E-state index in [-0.39, 0.29) is 11.5 Å². The zero-order valence-corrected chi connectivity index (χ0v) is 10.7. The van der Waals surface area contributed by atoms with Gasteiger partial charge in [0.15, 0.2) is 0 Å². The van der Waals surface area contributed by atoms with Gasteiger partial charge in [-0.15, -0.1) is 0 Å². The third-order valence-electron chi connectivity index (χ3n) is 2.75. The van der Waals surface area contributed by atoms with Gasteiger partial charge in [-0.05, 0) is 29.3 Å². The minimum Gasteiger partial charge on any atom is -0.326 e. The Bertz CT molecular complexity index is 618. The Morgan fingerprint density at radius 2 is 1.60 bits per heavy atom. The summed E-state index contributed by atoms with van der Waals surface area (Å²) in [5.74, 6) is -0.228. The Morgan fingerprint density at radius 1 is 1.00 bits per heavy atom. The summed E-state index contributed by atoms with van der Waals surface area (Å²) in [5, 5.41) is 2.57. The van der Waals surface area contributed by atoms with E-state index in [9.17, 15) is 18.0 Å². The molecule has 1 amide bonds. The van der Waals surface area contributed by atoms with Crippen LogP contribution in [0.15, 0.2) is 48.5 Å². The summed E-state index contributed by atoms with van der Waals surface area (Å²) in [5.41, 5.74) is 0.444. The van der Waals surface area contributed by atoms with Crippen molar-refractivity contribution in [2.45, 2.75) is 13.1 Å². The Kier molecular flexibility index (Phi) is 3.79. The summed E-state index contributed by atoms with van der Waals surface area (Å²) < 4.78 is 38.8. The van der Waals surface area contributed by atoms with Gasteiger partial charge in [-0.2, -0.15) is 13.2 Å². The van der Waals surface area contributed by atoms with Crippen LogP contribution in [0.1, 0.15) is 12.5 Å². The van der Waals surface area contributed by atoms with Crippen molar-refractivity contribution >= 4 is 11.6 Å². The molecular weight excluding hydrogens is 267 g/mol. The molecule has 2 rings (SSSR count). The highest BCUT2D eigenvalue weighted by atomic mass is 19.4. The van der Waals surface area contributed by atoms with Gasteiger partial charge < -0.3 is 5.32 Å². The molecular formula is C15H12F3NO. The maximum Gasteiger partial charge on any atom is 0.417 e. The van der Waals surface area contributed by atoms with Crippen LogP contribution in [-0.4, -0.2) is 5.91 Å². The second-order valence-corrected chi connectivity index (χ2v) is 4.30. The van der Waals surface area contributed by atoms with E-state index < -0.39 is 11.7 Å². The molecule has 0 heterocycles. The molecule has 0 aliphatic rings. The van der Waals surface area contributed by atoms with E-state index in [4.69, 9.17) is 0 Å². The Balaban J connectivity index is 2.40. The molecule has 0 atom stereocenters. The third-order valence-corrected chi connectivity index (χ3v) is 2.75. The van der Waals surface area contributed by atoms with Crippen LogP contribution in [-0.2, 0) is 11.0 Å². The number of hydrogen-bond donors (Lipinski definition) is 1.